The summed E-state index contributed by atoms with van der Waals surface area (Å²) in [5, 5.41) is 3.19. The first-order chi connectivity index (χ1) is 9.70. The average molecular weight is 289 g/mol. The molecule has 1 aromatic carbocycles. The summed E-state index contributed by atoms with van der Waals surface area (Å²) in [5.74, 6) is 0.717. The Labute approximate surface area is 120 Å². The minimum atomic E-state index is -2.10. The zero-order valence-electron chi connectivity index (χ0n) is 11.0. The van der Waals surface area contributed by atoms with Crippen LogP contribution < -0.4 is 5.32 Å². The zero-order chi connectivity index (χ0) is 14.4. The van der Waals surface area contributed by atoms with Crippen molar-refractivity contribution in [2.45, 2.75) is 18.2 Å². The van der Waals surface area contributed by atoms with Gasteiger partial charge in [-0.15, -0.1) is 0 Å². The molecule has 1 unspecified atom stereocenters. The number of rotatable bonds is 4. The monoisotopic (exact) mass is 289 g/mol. The highest BCUT2D eigenvalue weighted by atomic mass is 32.2. The summed E-state index contributed by atoms with van der Waals surface area (Å²) in [6.07, 6.45) is 3.57. The Hall–Kier alpha value is -2.05. The van der Waals surface area contributed by atoms with Crippen molar-refractivity contribution in [1.29, 1.82) is 0 Å². The van der Waals surface area contributed by atoms with Gasteiger partial charge in [0.15, 0.2) is 11.1 Å². The van der Waals surface area contributed by atoms with Crippen LogP contribution in [-0.2, 0) is 11.1 Å². The number of hydrogen-bond acceptors (Lipinski definition) is 3. The van der Waals surface area contributed by atoms with Crippen LogP contribution >= 0.6 is 0 Å². The fourth-order valence-corrected chi connectivity index (χ4v) is 2.07. The molecule has 104 valence electrons. The second-order valence-electron chi connectivity index (χ2n) is 4.00. The fourth-order valence-electron chi connectivity index (χ4n) is 1.63. The molecule has 0 fully saturated rings. The van der Waals surface area contributed by atoms with E-state index >= 15 is 0 Å². The van der Waals surface area contributed by atoms with E-state index in [1.165, 1.54) is 6.20 Å². The van der Waals surface area contributed by atoms with E-state index in [4.69, 9.17) is 0 Å². The van der Waals surface area contributed by atoms with Crippen LogP contribution in [0.15, 0.2) is 58.7 Å². The summed E-state index contributed by atoms with van der Waals surface area (Å²) in [7, 11) is 0. The van der Waals surface area contributed by atoms with Crippen LogP contribution in [0.4, 0.5) is 11.4 Å². The van der Waals surface area contributed by atoms with Crippen molar-refractivity contribution in [3.63, 3.8) is 0 Å². The van der Waals surface area contributed by atoms with Crippen molar-refractivity contribution in [2.24, 2.45) is 4.99 Å². The van der Waals surface area contributed by atoms with E-state index in [0.29, 0.717) is 17.9 Å². The van der Waals surface area contributed by atoms with Crippen molar-refractivity contribution in [3.05, 3.63) is 48.8 Å². The third kappa shape index (κ3) is 3.72. The van der Waals surface area contributed by atoms with Gasteiger partial charge in [0.1, 0.15) is 10.7 Å². The number of hydrogen-bond donors (Lipinski definition) is 2. The van der Waals surface area contributed by atoms with E-state index in [1.54, 1.807) is 12.3 Å². The van der Waals surface area contributed by atoms with Gasteiger partial charge in [-0.2, -0.15) is 0 Å². The highest BCUT2D eigenvalue weighted by Crippen LogP contribution is 2.21. The third-order valence-electron chi connectivity index (χ3n) is 2.60. The predicted octanol–water partition coefficient (Wildman–Crippen LogP) is 3.21. The van der Waals surface area contributed by atoms with E-state index in [2.05, 4.69) is 15.3 Å². The predicted molar refractivity (Wildman–Crippen MR) is 80.7 cm³/mol. The molecular weight excluding hydrogens is 274 g/mol. The van der Waals surface area contributed by atoms with Crippen LogP contribution in [0.3, 0.4) is 0 Å². The Bertz CT molecular complexity index is 629. The van der Waals surface area contributed by atoms with Gasteiger partial charge in [0, 0.05) is 24.5 Å². The Morgan fingerprint density at radius 3 is 2.75 bits per heavy atom. The lowest BCUT2D eigenvalue weighted by Crippen LogP contribution is -2.10. The van der Waals surface area contributed by atoms with E-state index in [-0.39, 0.29) is 4.90 Å². The Balaban J connectivity index is 2.30. The van der Waals surface area contributed by atoms with Crippen molar-refractivity contribution in [3.8, 4) is 0 Å². The lowest BCUT2D eigenvalue weighted by molar-refractivity contribution is 0.564. The molecule has 0 amide bonds. The molecule has 0 saturated carbocycles. The maximum atomic E-state index is 11.2. The molecule has 0 spiro atoms. The van der Waals surface area contributed by atoms with Crippen LogP contribution in [0, 0.1) is 0 Å². The number of anilines is 1. The van der Waals surface area contributed by atoms with E-state index in [0.717, 1.165) is 5.69 Å². The zero-order valence-corrected chi connectivity index (χ0v) is 11.8. The molecule has 2 rings (SSSR count). The van der Waals surface area contributed by atoms with Crippen molar-refractivity contribution in [1.82, 2.24) is 4.98 Å². The number of benzene rings is 1. The topological polar surface area (TPSA) is 74.6 Å². The SMILES string of the molecule is CCC(=Nc1ccncc1S(=O)O)Nc1ccccc1. The van der Waals surface area contributed by atoms with E-state index < -0.39 is 11.1 Å². The summed E-state index contributed by atoms with van der Waals surface area (Å²) in [6.45, 7) is 1.96. The molecular formula is C14H15N3O2S. The van der Waals surface area contributed by atoms with Gasteiger partial charge in [-0.25, -0.2) is 9.20 Å². The lowest BCUT2D eigenvalue weighted by atomic mass is 10.3. The number of aliphatic imine (C=N–C) groups is 1. The first-order valence-electron chi connectivity index (χ1n) is 6.15. The third-order valence-corrected chi connectivity index (χ3v) is 3.29. The fraction of sp³-hybridized carbons (Fsp3) is 0.143. The molecule has 0 aliphatic heterocycles. The van der Waals surface area contributed by atoms with Crippen molar-refractivity contribution < 1.29 is 8.76 Å². The van der Waals surface area contributed by atoms with Gasteiger partial charge in [-0.3, -0.25) is 4.98 Å². The maximum Gasteiger partial charge on any atom is 0.190 e. The minimum Gasteiger partial charge on any atom is -0.344 e. The smallest absolute Gasteiger partial charge is 0.190 e. The van der Waals surface area contributed by atoms with Crippen LogP contribution in [0.2, 0.25) is 0 Å². The summed E-state index contributed by atoms with van der Waals surface area (Å²) in [6, 6.07) is 11.3. The Morgan fingerprint density at radius 1 is 1.35 bits per heavy atom. The normalized spacial score (nSPS) is 13.0. The number of aromatic nitrogens is 1. The summed E-state index contributed by atoms with van der Waals surface area (Å²) < 4.78 is 20.5. The average Bonchev–Trinajstić information content (AvgIpc) is 2.48. The largest absolute Gasteiger partial charge is 0.344 e. The van der Waals surface area contributed by atoms with Gasteiger partial charge in [-0.05, 0) is 18.2 Å². The van der Waals surface area contributed by atoms with Gasteiger partial charge < -0.3 is 9.87 Å². The molecule has 2 N–H and O–H groups in total. The van der Waals surface area contributed by atoms with Crippen LogP contribution in [-0.4, -0.2) is 19.6 Å². The standard InChI is InChI=1S/C14H15N3O2S/c1-2-14(16-11-6-4-3-5-7-11)17-12-8-9-15-10-13(12)20(18)19/h3-10H,2H2,1H3,(H,18,19)(H,15,16,17). The number of pyridine rings is 1. The molecule has 0 bridgehead atoms. The second kappa shape index (κ2) is 6.93. The number of para-hydroxylation sites is 1. The Morgan fingerprint density at radius 2 is 2.10 bits per heavy atom. The molecule has 1 heterocycles. The molecule has 0 aliphatic rings. The highest BCUT2D eigenvalue weighted by Gasteiger charge is 2.08. The number of nitrogens with one attached hydrogen (secondary N) is 1. The van der Waals surface area contributed by atoms with Crippen LogP contribution in [0.5, 0.6) is 0 Å². The summed E-state index contributed by atoms with van der Waals surface area (Å²) in [4.78, 5) is 8.45. The van der Waals surface area contributed by atoms with Gasteiger partial charge >= 0.3 is 0 Å². The van der Waals surface area contributed by atoms with Gasteiger partial charge in [-0.1, -0.05) is 25.1 Å². The second-order valence-corrected chi connectivity index (χ2v) is 4.93. The highest BCUT2D eigenvalue weighted by molar-refractivity contribution is 7.79. The molecule has 1 atom stereocenters. The van der Waals surface area contributed by atoms with Crippen LogP contribution in [0.25, 0.3) is 0 Å². The molecule has 0 saturated heterocycles. The summed E-state index contributed by atoms with van der Waals surface area (Å²) >= 11 is -2.10. The van der Waals surface area contributed by atoms with Gasteiger partial charge in [0.2, 0.25) is 0 Å². The first kappa shape index (κ1) is 14.4. The quantitative estimate of drug-likeness (QED) is 0.515. The van der Waals surface area contributed by atoms with Crippen molar-refractivity contribution >= 4 is 28.3 Å². The number of nitrogens with zero attached hydrogens (tertiary/aromatic N) is 2. The van der Waals surface area contributed by atoms with Gasteiger partial charge in [0.25, 0.3) is 0 Å². The van der Waals surface area contributed by atoms with Gasteiger partial charge in [0.05, 0.1) is 5.69 Å². The lowest BCUT2D eigenvalue weighted by Gasteiger charge is -2.09. The van der Waals surface area contributed by atoms with E-state index in [1.807, 2.05) is 37.3 Å². The molecule has 0 radical (unpaired) electrons. The van der Waals surface area contributed by atoms with Crippen molar-refractivity contribution in [2.75, 3.05) is 5.32 Å². The molecule has 20 heavy (non-hydrogen) atoms. The Kier molecular flexibility index (Phi) is 4.97. The molecule has 1 aromatic heterocycles. The molecule has 6 heteroatoms. The summed E-state index contributed by atoms with van der Waals surface area (Å²) in [5.41, 5.74) is 1.37. The minimum absolute atomic E-state index is 0.202. The molecule has 2 aromatic rings. The number of amidine groups is 1. The maximum absolute atomic E-state index is 11.2. The first-order valence-corrected chi connectivity index (χ1v) is 7.26. The molecule has 5 nitrogen and oxygen atoms in total. The molecule has 0 aliphatic carbocycles. The van der Waals surface area contributed by atoms with Crippen LogP contribution in [0.1, 0.15) is 13.3 Å². The van der Waals surface area contributed by atoms with E-state index in [9.17, 15) is 8.76 Å².